The van der Waals surface area contributed by atoms with Gasteiger partial charge in [-0.25, -0.2) is 9.78 Å². The second-order valence-corrected chi connectivity index (χ2v) is 9.12. The van der Waals surface area contributed by atoms with Crippen molar-refractivity contribution in [2.75, 3.05) is 13.1 Å². The summed E-state index contributed by atoms with van der Waals surface area (Å²) in [6, 6.07) is 5.43. The van der Waals surface area contributed by atoms with E-state index in [4.69, 9.17) is 14.2 Å². The molecule has 0 radical (unpaired) electrons. The number of nitrogens with zero attached hydrogens (tertiary/aromatic N) is 3. The van der Waals surface area contributed by atoms with Gasteiger partial charge in [0, 0.05) is 23.5 Å². The van der Waals surface area contributed by atoms with E-state index < -0.39 is 5.60 Å². The van der Waals surface area contributed by atoms with Crippen molar-refractivity contribution in [1.82, 2.24) is 9.88 Å². The molecule has 3 rings (SSSR count). The van der Waals surface area contributed by atoms with Gasteiger partial charge >= 0.3 is 6.09 Å². The lowest BCUT2D eigenvalue weighted by Crippen LogP contribution is -2.46. The maximum atomic E-state index is 12.5. The zero-order chi connectivity index (χ0) is 23.5. The molecule has 170 valence electrons. The van der Waals surface area contributed by atoms with E-state index in [1.165, 1.54) is 6.20 Å². The number of likely N-dealkylation sites (tertiary alicyclic amines) is 1. The van der Waals surface area contributed by atoms with Crippen molar-refractivity contribution in [2.24, 2.45) is 0 Å². The van der Waals surface area contributed by atoms with Crippen LogP contribution in [0.25, 0.3) is 10.8 Å². The molecular weight excluding hydrogens is 410 g/mol. The molecule has 1 aliphatic heterocycles. The molecule has 1 atom stereocenters. The number of carbonyl (C=O) groups is 2. The van der Waals surface area contributed by atoms with E-state index in [1.54, 1.807) is 17.0 Å². The number of amides is 1. The number of carbonyl (C=O) groups excluding carboxylic acids is 2. The average Bonchev–Trinajstić information content (AvgIpc) is 2.72. The normalized spacial score (nSPS) is 16.5. The first kappa shape index (κ1) is 23.3. The Labute approximate surface area is 188 Å². The molecule has 0 saturated carbocycles. The molecular formula is C24H29N3O5. The lowest BCUT2D eigenvalue weighted by Gasteiger charge is -2.34. The Morgan fingerprint density at radius 2 is 2.06 bits per heavy atom. The highest BCUT2D eigenvalue weighted by Gasteiger charge is 2.29. The minimum atomic E-state index is -0.571. The smallest absolute Gasteiger partial charge is 0.410 e. The van der Waals surface area contributed by atoms with Crippen LogP contribution in [0.5, 0.6) is 11.6 Å². The predicted octanol–water partition coefficient (Wildman–Crippen LogP) is 4.48. The summed E-state index contributed by atoms with van der Waals surface area (Å²) in [5.74, 6) is 0.740. The number of rotatable bonds is 5. The van der Waals surface area contributed by atoms with Crippen LogP contribution in [-0.4, -0.2) is 53.2 Å². The molecule has 1 amide bonds. The second-order valence-electron chi connectivity index (χ2n) is 9.12. The maximum Gasteiger partial charge on any atom is 0.410 e. The summed E-state index contributed by atoms with van der Waals surface area (Å²) < 4.78 is 17.5. The minimum Gasteiger partial charge on any atom is -0.490 e. The first-order valence-corrected chi connectivity index (χ1v) is 10.7. The van der Waals surface area contributed by atoms with E-state index in [1.807, 2.05) is 34.6 Å². The molecule has 8 nitrogen and oxygen atoms in total. The number of aldehydes is 1. The molecule has 1 aliphatic rings. The number of pyridine rings is 1. The molecule has 0 spiro atoms. The third-order valence-electron chi connectivity index (χ3n) is 4.90. The van der Waals surface area contributed by atoms with Gasteiger partial charge in [0.05, 0.1) is 23.8 Å². The number of hydrogen-bond acceptors (Lipinski definition) is 7. The Morgan fingerprint density at radius 3 is 2.69 bits per heavy atom. The van der Waals surface area contributed by atoms with Crippen molar-refractivity contribution < 1.29 is 23.8 Å². The quantitative estimate of drug-likeness (QED) is 0.633. The van der Waals surface area contributed by atoms with Crippen molar-refractivity contribution in [3.63, 3.8) is 0 Å². The Bertz CT molecular complexity index is 1050. The maximum absolute atomic E-state index is 12.5. The van der Waals surface area contributed by atoms with Crippen LogP contribution < -0.4 is 9.47 Å². The van der Waals surface area contributed by atoms with E-state index in [0.29, 0.717) is 52.9 Å². The topological polar surface area (TPSA) is 102 Å². The minimum absolute atomic E-state index is 0.136. The van der Waals surface area contributed by atoms with Crippen LogP contribution in [0.4, 0.5) is 4.79 Å². The number of nitriles is 1. The zero-order valence-corrected chi connectivity index (χ0v) is 19.2. The average molecular weight is 440 g/mol. The van der Waals surface area contributed by atoms with Crippen LogP contribution in [0.2, 0.25) is 0 Å². The monoisotopic (exact) mass is 439 g/mol. The van der Waals surface area contributed by atoms with E-state index in [-0.39, 0.29) is 18.3 Å². The van der Waals surface area contributed by atoms with Crippen LogP contribution >= 0.6 is 0 Å². The molecule has 8 heteroatoms. The number of piperidine rings is 1. The fraction of sp³-hybridized carbons (Fsp3) is 0.500. The summed E-state index contributed by atoms with van der Waals surface area (Å²) in [7, 11) is 0. The summed E-state index contributed by atoms with van der Waals surface area (Å²) in [5.41, 5.74) is 0.123. The van der Waals surface area contributed by atoms with Crippen molar-refractivity contribution in [3.8, 4) is 17.7 Å². The number of fused-ring (bicyclic) bond motifs is 1. The van der Waals surface area contributed by atoms with Gasteiger partial charge in [0.25, 0.3) is 0 Å². The second kappa shape index (κ2) is 9.43. The largest absolute Gasteiger partial charge is 0.490 e. The van der Waals surface area contributed by atoms with Gasteiger partial charge in [0.2, 0.25) is 5.88 Å². The molecule has 0 N–H and O–H groups in total. The molecule has 0 bridgehead atoms. The molecule has 2 aromatic rings. The van der Waals surface area contributed by atoms with E-state index in [0.717, 1.165) is 12.8 Å². The Hall–Kier alpha value is -3.34. The summed E-state index contributed by atoms with van der Waals surface area (Å²) in [5, 5.41) is 10.7. The number of benzene rings is 1. The van der Waals surface area contributed by atoms with E-state index in [9.17, 15) is 14.9 Å². The Morgan fingerprint density at radius 1 is 1.31 bits per heavy atom. The highest BCUT2D eigenvalue weighted by molar-refractivity contribution is 5.97. The highest BCUT2D eigenvalue weighted by atomic mass is 16.6. The fourth-order valence-electron chi connectivity index (χ4n) is 3.57. The summed E-state index contributed by atoms with van der Waals surface area (Å²) >= 11 is 0. The van der Waals surface area contributed by atoms with Gasteiger partial charge in [-0.15, -0.1) is 0 Å². The Kier molecular flexibility index (Phi) is 6.87. The molecule has 1 aromatic heterocycles. The number of ether oxygens (including phenoxy) is 3. The van der Waals surface area contributed by atoms with Crippen molar-refractivity contribution >= 4 is 23.2 Å². The Balaban J connectivity index is 1.92. The van der Waals surface area contributed by atoms with E-state index >= 15 is 0 Å². The summed E-state index contributed by atoms with van der Waals surface area (Å²) in [4.78, 5) is 30.1. The van der Waals surface area contributed by atoms with E-state index in [2.05, 4.69) is 11.1 Å². The van der Waals surface area contributed by atoms with Gasteiger partial charge in [-0.2, -0.15) is 5.26 Å². The van der Waals surface area contributed by atoms with Gasteiger partial charge < -0.3 is 19.1 Å². The van der Waals surface area contributed by atoms with Crippen LogP contribution in [0.1, 0.15) is 63.4 Å². The van der Waals surface area contributed by atoms with Gasteiger partial charge in [-0.1, -0.05) is 0 Å². The third kappa shape index (κ3) is 5.47. The van der Waals surface area contributed by atoms with Crippen molar-refractivity contribution in [3.05, 3.63) is 29.5 Å². The van der Waals surface area contributed by atoms with Crippen molar-refractivity contribution in [2.45, 2.75) is 65.3 Å². The van der Waals surface area contributed by atoms with Gasteiger partial charge in [0.1, 0.15) is 23.5 Å². The molecule has 2 heterocycles. The van der Waals surface area contributed by atoms with Gasteiger partial charge in [-0.05, 0) is 59.6 Å². The fourth-order valence-corrected chi connectivity index (χ4v) is 3.57. The third-order valence-corrected chi connectivity index (χ3v) is 4.90. The summed E-state index contributed by atoms with van der Waals surface area (Å²) in [6.45, 7) is 10.2. The van der Waals surface area contributed by atoms with Crippen molar-refractivity contribution in [1.29, 1.82) is 5.26 Å². The SMILES string of the molecule is CC(C)Oc1cc2c(OC3CCCN(C(=O)OC(C)(C)C)C3)ncc(C#N)c2cc1C=O. The summed E-state index contributed by atoms with van der Waals surface area (Å²) in [6.07, 6.45) is 2.89. The molecule has 1 aromatic carbocycles. The lowest BCUT2D eigenvalue weighted by atomic mass is 10.0. The first-order chi connectivity index (χ1) is 15.1. The molecule has 32 heavy (non-hydrogen) atoms. The number of hydrogen-bond donors (Lipinski definition) is 0. The molecule has 1 saturated heterocycles. The van der Waals surface area contributed by atoms with Crippen LogP contribution in [-0.2, 0) is 4.74 Å². The molecule has 1 fully saturated rings. The highest BCUT2D eigenvalue weighted by Crippen LogP contribution is 2.34. The lowest BCUT2D eigenvalue weighted by molar-refractivity contribution is 0.00743. The van der Waals surface area contributed by atoms with Gasteiger partial charge in [0.15, 0.2) is 6.29 Å². The number of aromatic nitrogens is 1. The molecule has 1 unspecified atom stereocenters. The standard InChI is InChI=1S/C24H29N3O5/c1-15(2)30-21-10-20-19(9-16(21)14-28)17(11-25)12-26-22(20)31-18-7-6-8-27(13-18)23(29)32-24(3,4)5/h9-10,12,14-15,18H,6-8,13H2,1-5H3. The predicted molar refractivity (Wildman–Crippen MR) is 119 cm³/mol. The van der Waals surface area contributed by atoms with Crippen LogP contribution in [0.3, 0.4) is 0 Å². The molecule has 0 aliphatic carbocycles. The van der Waals surface area contributed by atoms with Crippen LogP contribution in [0, 0.1) is 11.3 Å². The van der Waals surface area contributed by atoms with Gasteiger partial charge in [-0.3, -0.25) is 4.79 Å². The zero-order valence-electron chi connectivity index (χ0n) is 19.2. The van der Waals surface area contributed by atoms with Crippen LogP contribution in [0.15, 0.2) is 18.3 Å². The first-order valence-electron chi connectivity index (χ1n) is 10.7.